The van der Waals surface area contributed by atoms with Crippen LogP contribution in [0, 0.1) is 13.8 Å². The SMILES string of the molecule is CCSc1nc2c(c(=O)[nH]1)[C@H](c1ccc(C)cc1C)CC(=O)N2. The van der Waals surface area contributed by atoms with E-state index in [1.54, 1.807) is 0 Å². The smallest absolute Gasteiger partial charge is 0.257 e. The molecule has 0 aliphatic carbocycles. The first-order valence-corrected chi connectivity index (χ1v) is 8.62. The second kappa shape index (κ2) is 6.20. The number of benzene rings is 1. The number of hydrogen-bond donors (Lipinski definition) is 2. The van der Waals surface area contributed by atoms with E-state index in [0.717, 1.165) is 22.4 Å². The highest BCUT2D eigenvalue weighted by molar-refractivity contribution is 7.99. The summed E-state index contributed by atoms with van der Waals surface area (Å²) in [7, 11) is 0. The minimum atomic E-state index is -0.253. The molecule has 0 fully saturated rings. The maximum Gasteiger partial charge on any atom is 0.257 e. The highest BCUT2D eigenvalue weighted by Gasteiger charge is 2.31. The van der Waals surface area contributed by atoms with E-state index in [4.69, 9.17) is 0 Å². The van der Waals surface area contributed by atoms with E-state index in [1.165, 1.54) is 11.8 Å². The van der Waals surface area contributed by atoms with E-state index >= 15 is 0 Å². The molecule has 23 heavy (non-hydrogen) atoms. The number of nitrogens with one attached hydrogen (secondary N) is 2. The molecule has 0 saturated carbocycles. The van der Waals surface area contributed by atoms with Gasteiger partial charge in [0.25, 0.3) is 5.56 Å². The average molecular weight is 329 g/mol. The average Bonchev–Trinajstić information content (AvgIpc) is 2.46. The number of anilines is 1. The largest absolute Gasteiger partial charge is 0.310 e. The van der Waals surface area contributed by atoms with Gasteiger partial charge in [-0.3, -0.25) is 9.59 Å². The molecule has 1 amide bonds. The maximum atomic E-state index is 12.6. The van der Waals surface area contributed by atoms with Crippen LogP contribution in [0.1, 0.15) is 41.5 Å². The first-order chi connectivity index (χ1) is 11.0. The zero-order chi connectivity index (χ0) is 16.6. The van der Waals surface area contributed by atoms with E-state index in [2.05, 4.69) is 21.4 Å². The number of fused-ring (bicyclic) bond motifs is 1. The fourth-order valence-electron chi connectivity index (χ4n) is 3.04. The molecule has 1 aliphatic rings. The monoisotopic (exact) mass is 329 g/mol. The topological polar surface area (TPSA) is 74.8 Å². The zero-order valence-electron chi connectivity index (χ0n) is 13.4. The molecule has 1 aliphatic heterocycles. The third-order valence-electron chi connectivity index (χ3n) is 4.01. The fraction of sp³-hybridized carbons (Fsp3) is 0.353. The van der Waals surface area contributed by atoms with Gasteiger partial charge in [0.05, 0.1) is 5.56 Å². The zero-order valence-corrected chi connectivity index (χ0v) is 14.2. The summed E-state index contributed by atoms with van der Waals surface area (Å²) in [5.41, 5.74) is 3.64. The van der Waals surface area contributed by atoms with E-state index in [0.29, 0.717) is 16.5 Å². The lowest BCUT2D eigenvalue weighted by Crippen LogP contribution is -2.31. The highest BCUT2D eigenvalue weighted by Crippen LogP contribution is 2.36. The fourth-order valence-corrected chi connectivity index (χ4v) is 3.63. The van der Waals surface area contributed by atoms with Gasteiger partial charge in [-0.1, -0.05) is 42.4 Å². The van der Waals surface area contributed by atoms with Gasteiger partial charge in [0.15, 0.2) is 5.16 Å². The summed E-state index contributed by atoms with van der Waals surface area (Å²) in [6, 6.07) is 6.09. The lowest BCUT2D eigenvalue weighted by molar-refractivity contribution is -0.116. The van der Waals surface area contributed by atoms with E-state index < -0.39 is 0 Å². The molecule has 2 N–H and O–H groups in total. The van der Waals surface area contributed by atoms with Crippen molar-refractivity contribution in [3.8, 4) is 0 Å². The quantitative estimate of drug-likeness (QED) is 0.670. The highest BCUT2D eigenvalue weighted by atomic mass is 32.2. The Morgan fingerprint density at radius 2 is 2.09 bits per heavy atom. The molecule has 1 atom stereocenters. The van der Waals surface area contributed by atoms with Crippen molar-refractivity contribution in [2.45, 2.75) is 38.3 Å². The Bertz CT molecular complexity index is 829. The second-order valence-electron chi connectivity index (χ2n) is 5.73. The summed E-state index contributed by atoms with van der Waals surface area (Å²) in [6.45, 7) is 6.03. The number of aromatic amines is 1. The Morgan fingerprint density at radius 1 is 1.30 bits per heavy atom. The number of hydrogen-bond acceptors (Lipinski definition) is 4. The van der Waals surface area contributed by atoms with Crippen molar-refractivity contribution in [3.63, 3.8) is 0 Å². The molecule has 0 spiro atoms. The molecule has 5 nitrogen and oxygen atoms in total. The summed E-state index contributed by atoms with van der Waals surface area (Å²) >= 11 is 1.45. The molecular weight excluding hydrogens is 310 g/mol. The second-order valence-corrected chi connectivity index (χ2v) is 6.98. The van der Waals surface area contributed by atoms with Gasteiger partial charge >= 0.3 is 0 Å². The number of carbonyl (C=O) groups excluding carboxylic acids is 1. The van der Waals surface area contributed by atoms with Crippen LogP contribution in [0.5, 0.6) is 0 Å². The molecular formula is C17H19N3O2S. The minimum Gasteiger partial charge on any atom is -0.310 e. The van der Waals surface area contributed by atoms with Gasteiger partial charge in [-0.05, 0) is 30.7 Å². The van der Waals surface area contributed by atoms with Gasteiger partial charge in [0.1, 0.15) is 5.82 Å². The Labute approximate surface area is 138 Å². The van der Waals surface area contributed by atoms with Crippen LogP contribution < -0.4 is 10.9 Å². The standard InChI is InChI=1S/C17H19N3O2S/c1-4-23-17-19-15-14(16(22)20-17)12(8-13(21)18-15)11-6-5-9(2)7-10(11)3/h5-7,12H,4,8H2,1-3H3,(H2,18,19,20,21,22)/t12-/m0/s1. The first kappa shape index (κ1) is 15.8. The number of rotatable bonds is 3. The first-order valence-electron chi connectivity index (χ1n) is 7.63. The molecule has 2 aromatic rings. The Morgan fingerprint density at radius 3 is 2.78 bits per heavy atom. The Kier molecular flexibility index (Phi) is 4.26. The molecule has 1 aromatic carbocycles. The van der Waals surface area contributed by atoms with Crippen LogP contribution in [-0.4, -0.2) is 21.6 Å². The summed E-state index contributed by atoms with van der Waals surface area (Å²) in [5.74, 6) is 0.839. The van der Waals surface area contributed by atoms with E-state index in [1.807, 2.05) is 32.9 Å². The number of H-pyrrole nitrogens is 1. The predicted molar refractivity (Wildman–Crippen MR) is 92.3 cm³/mol. The third kappa shape index (κ3) is 3.03. The Hall–Kier alpha value is -2.08. The van der Waals surface area contributed by atoms with E-state index in [-0.39, 0.29) is 23.8 Å². The van der Waals surface area contributed by atoms with Crippen molar-refractivity contribution >= 4 is 23.5 Å². The van der Waals surface area contributed by atoms with Gasteiger partial charge in [0.2, 0.25) is 5.91 Å². The van der Waals surface area contributed by atoms with Crippen molar-refractivity contribution in [1.82, 2.24) is 9.97 Å². The number of carbonyl (C=O) groups is 1. The van der Waals surface area contributed by atoms with Crippen LogP contribution in [0.4, 0.5) is 5.82 Å². The lowest BCUT2D eigenvalue weighted by atomic mass is 9.84. The molecule has 120 valence electrons. The van der Waals surface area contributed by atoms with Crippen LogP contribution in [-0.2, 0) is 4.79 Å². The van der Waals surface area contributed by atoms with Crippen molar-refractivity contribution in [2.24, 2.45) is 0 Å². The normalized spacial score (nSPS) is 16.8. The van der Waals surface area contributed by atoms with Gasteiger partial charge < -0.3 is 10.3 Å². The van der Waals surface area contributed by atoms with E-state index in [9.17, 15) is 9.59 Å². The number of thioether (sulfide) groups is 1. The summed E-state index contributed by atoms with van der Waals surface area (Å²) in [4.78, 5) is 31.9. The van der Waals surface area contributed by atoms with Crippen LogP contribution in [0.15, 0.2) is 28.2 Å². The van der Waals surface area contributed by atoms with Crippen LogP contribution in [0.25, 0.3) is 0 Å². The number of aryl methyl sites for hydroxylation is 2. The molecule has 0 saturated heterocycles. The van der Waals surface area contributed by atoms with Gasteiger partial charge in [-0.15, -0.1) is 0 Å². The summed E-state index contributed by atoms with van der Waals surface area (Å²) in [6.07, 6.45) is 0.266. The third-order valence-corrected chi connectivity index (χ3v) is 4.77. The van der Waals surface area contributed by atoms with Crippen LogP contribution in [0.3, 0.4) is 0 Å². The van der Waals surface area contributed by atoms with Crippen molar-refractivity contribution in [3.05, 3.63) is 50.8 Å². The number of nitrogens with zero attached hydrogens (tertiary/aromatic N) is 1. The molecule has 0 bridgehead atoms. The van der Waals surface area contributed by atoms with Crippen molar-refractivity contribution in [2.75, 3.05) is 11.1 Å². The van der Waals surface area contributed by atoms with Gasteiger partial charge in [-0.2, -0.15) is 0 Å². The Balaban J connectivity index is 2.15. The molecule has 1 aromatic heterocycles. The van der Waals surface area contributed by atoms with Crippen molar-refractivity contribution < 1.29 is 4.79 Å². The van der Waals surface area contributed by atoms with Crippen LogP contribution in [0.2, 0.25) is 0 Å². The number of aromatic nitrogens is 2. The van der Waals surface area contributed by atoms with Gasteiger partial charge in [0, 0.05) is 12.3 Å². The lowest BCUT2D eigenvalue weighted by Gasteiger charge is -2.25. The minimum absolute atomic E-state index is 0.104. The molecule has 2 heterocycles. The molecule has 3 rings (SSSR count). The maximum absolute atomic E-state index is 12.6. The van der Waals surface area contributed by atoms with Crippen molar-refractivity contribution in [1.29, 1.82) is 0 Å². The van der Waals surface area contributed by atoms with Gasteiger partial charge in [-0.25, -0.2) is 4.98 Å². The predicted octanol–water partition coefficient (Wildman–Crippen LogP) is 2.97. The molecule has 0 radical (unpaired) electrons. The van der Waals surface area contributed by atoms with Crippen LogP contribution >= 0.6 is 11.8 Å². The summed E-state index contributed by atoms with van der Waals surface area (Å²) < 4.78 is 0. The molecule has 6 heteroatoms. The number of amides is 1. The summed E-state index contributed by atoms with van der Waals surface area (Å²) in [5, 5.41) is 3.29. The molecule has 0 unspecified atom stereocenters.